The Morgan fingerprint density at radius 1 is 0.362 bits per heavy atom. The number of para-hydroxylation sites is 1. The van der Waals surface area contributed by atoms with Crippen molar-refractivity contribution in [3.05, 3.63) is 146 Å². The zero-order valence-electron chi connectivity index (χ0n) is 24.9. The molecule has 9 aromatic rings. The number of hydrogen-bond acceptors (Lipinski definition) is 7. The monoisotopic (exact) mass is 604 g/mol. The van der Waals surface area contributed by atoms with Crippen LogP contribution in [-0.2, 0) is 0 Å². The van der Waals surface area contributed by atoms with Crippen LogP contribution >= 0.6 is 0 Å². The highest BCUT2D eigenvalue weighted by Crippen LogP contribution is 2.39. The van der Waals surface area contributed by atoms with Crippen molar-refractivity contribution in [2.24, 2.45) is 0 Å². The van der Waals surface area contributed by atoms with Crippen LogP contribution in [0, 0.1) is 0 Å². The zero-order valence-corrected chi connectivity index (χ0v) is 24.9. The van der Waals surface area contributed by atoms with Gasteiger partial charge in [-0.25, -0.2) is 24.6 Å². The third-order valence-corrected chi connectivity index (χ3v) is 8.41. The van der Waals surface area contributed by atoms with Gasteiger partial charge in [0, 0.05) is 44.0 Å². The molecule has 0 spiro atoms. The lowest BCUT2D eigenvalue weighted by atomic mass is 9.95. The summed E-state index contributed by atoms with van der Waals surface area (Å²) in [6, 6.07) is 48.8. The molecule has 0 aliphatic rings. The first-order chi connectivity index (χ1) is 23.3. The molecular weight excluding hydrogens is 580 g/mol. The van der Waals surface area contributed by atoms with E-state index < -0.39 is 0 Å². The quantitative estimate of drug-likeness (QED) is 0.181. The number of nitrogens with zero attached hydrogens (tertiary/aromatic N) is 6. The fourth-order valence-electron chi connectivity index (χ4n) is 6.14. The third-order valence-electron chi connectivity index (χ3n) is 8.41. The van der Waals surface area contributed by atoms with E-state index in [4.69, 9.17) is 24.6 Å². The molecule has 0 aliphatic heterocycles. The minimum atomic E-state index is 0.610. The summed E-state index contributed by atoms with van der Waals surface area (Å²) >= 11 is 0. The minimum absolute atomic E-state index is 0.610. The molecule has 0 fully saturated rings. The van der Waals surface area contributed by atoms with Gasteiger partial charge >= 0.3 is 0 Å². The predicted molar refractivity (Wildman–Crippen MR) is 185 cm³/mol. The molecule has 0 aliphatic carbocycles. The number of hydrogen-bond donors (Lipinski definition) is 0. The lowest BCUT2D eigenvalue weighted by molar-refractivity contribution is 0.316. The largest absolute Gasteiger partial charge is 0.246 e. The van der Waals surface area contributed by atoms with Crippen molar-refractivity contribution in [3.8, 4) is 56.5 Å². The van der Waals surface area contributed by atoms with E-state index in [1.165, 1.54) is 0 Å². The molecular formula is C40H24N6O. The summed E-state index contributed by atoms with van der Waals surface area (Å²) in [5.74, 6) is 1.87. The van der Waals surface area contributed by atoms with Crippen molar-refractivity contribution in [3.63, 3.8) is 0 Å². The van der Waals surface area contributed by atoms with E-state index in [0.717, 1.165) is 66.3 Å². The van der Waals surface area contributed by atoms with Gasteiger partial charge in [0.2, 0.25) is 0 Å². The van der Waals surface area contributed by atoms with E-state index in [-0.39, 0.29) is 0 Å². The highest BCUT2D eigenvalue weighted by atomic mass is 16.6. The molecule has 0 radical (unpaired) electrons. The van der Waals surface area contributed by atoms with Gasteiger partial charge in [-0.2, -0.15) is 0 Å². The maximum atomic E-state index is 5.30. The van der Waals surface area contributed by atoms with Crippen molar-refractivity contribution in [1.29, 1.82) is 0 Å². The van der Waals surface area contributed by atoms with Crippen molar-refractivity contribution in [1.82, 2.24) is 30.2 Å². The molecule has 0 bridgehead atoms. The molecule has 3 aromatic heterocycles. The third kappa shape index (κ3) is 4.69. The molecule has 0 saturated carbocycles. The molecule has 0 atom stereocenters. The Morgan fingerprint density at radius 3 is 1.53 bits per heavy atom. The first-order valence-corrected chi connectivity index (χ1v) is 15.3. The molecule has 9 rings (SSSR count). The second kappa shape index (κ2) is 11.1. The van der Waals surface area contributed by atoms with Crippen LogP contribution in [0.25, 0.3) is 89.3 Å². The number of aromatic nitrogens is 6. The van der Waals surface area contributed by atoms with Crippen molar-refractivity contribution in [2.75, 3.05) is 0 Å². The van der Waals surface area contributed by atoms with Crippen LogP contribution in [0.2, 0.25) is 0 Å². The Kier molecular flexibility index (Phi) is 6.31. The normalized spacial score (nSPS) is 11.4. The Morgan fingerprint density at radius 2 is 0.915 bits per heavy atom. The summed E-state index contributed by atoms with van der Waals surface area (Å²) in [6.45, 7) is 0. The summed E-state index contributed by atoms with van der Waals surface area (Å²) in [4.78, 5) is 19.9. The molecule has 47 heavy (non-hydrogen) atoms. The van der Waals surface area contributed by atoms with Gasteiger partial charge in [-0.05, 0) is 28.0 Å². The van der Waals surface area contributed by atoms with Crippen LogP contribution in [0.15, 0.2) is 150 Å². The van der Waals surface area contributed by atoms with Crippen LogP contribution < -0.4 is 0 Å². The van der Waals surface area contributed by atoms with E-state index in [2.05, 4.69) is 71.0 Å². The average Bonchev–Trinajstić information content (AvgIpc) is 3.65. The Balaban J connectivity index is 1.21. The first kappa shape index (κ1) is 26.8. The first-order valence-electron chi connectivity index (χ1n) is 15.3. The summed E-state index contributed by atoms with van der Waals surface area (Å²) in [5.41, 5.74) is 9.01. The van der Waals surface area contributed by atoms with Crippen molar-refractivity contribution < 1.29 is 4.63 Å². The van der Waals surface area contributed by atoms with Gasteiger partial charge in [0.1, 0.15) is 11.0 Å². The molecule has 0 amide bonds. The maximum Gasteiger partial charge on any atom is 0.164 e. The molecule has 3 heterocycles. The molecule has 7 nitrogen and oxygen atoms in total. The SMILES string of the molecule is c1ccc(-c2nc(-c3ccccc3)nc(-c3ccc(-c4cccc5c4nc(-c4ccccc4)c4ccc6nonc6c45)cc3)n2)cc1. The summed E-state index contributed by atoms with van der Waals surface area (Å²) in [6.07, 6.45) is 0. The summed E-state index contributed by atoms with van der Waals surface area (Å²) in [7, 11) is 0. The molecule has 0 N–H and O–H groups in total. The summed E-state index contributed by atoms with van der Waals surface area (Å²) < 4.78 is 5.17. The van der Waals surface area contributed by atoms with Crippen LogP contribution in [0.3, 0.4) is 0 Å². The number of pyridine rings is 1. The topological polar surface area (TPSA) is 90.5 Å². The molecule has 0 saturated heterocycles. The second-order valence-electron chi connectivity index (χ2n) is 11.3. The van der Waals surface area contributed by atoms with Gasteiger partial charge in [0.05, 0.1) is 11.2 Å². The molecule has 6 aromatic carbocycles. The standard InChI is InChI=1S/C40H24N6O/c1-4-11-26(12-5-1)35-32-23-24-33-37(46-47-45-33)34(32)31-18-10-17-30(36(31)41-35)25-19-21-29(22-20-25)40-43-38(27-13-6-2-7-14-27)42-39(44-40)28-15-8-3-9-16-28/h1-24H. The van der Waals surface area contributed by atoms with Gasteiger partial charge in [0.15, 0.2) is 17.5 Å². The Bertz CT molecular complexity index is 2490. The van der Waals surface area contributed by atoms with Crippen LogP contribution in [0.4, 0.5) is 0 Å². The smallest absolute Gasteiger partial charge is 0.164 e. The van der Waals surface area contributed by atoms with E-state index in [9.17, 15) is 0 Å². The second-order valence-corrected chi connectivity index (χ2v) is 11.3. The highest BCUT2D eigenvalue weighted by molar-refractivity contribution is 6.22. The predicted octanol–water partition coefficient (Wildman–Crippen LogP) is 9.44. The number of benzene rings is 6. The molecule has 7 heteroatoms. The average molecular weight is 605 g/mol. The zero-order chi connectivity index (χ0) is 31.2. The van der Waals surface area contributed by atoms with Crippen LogP contribution in [0.1, 0.15) is 0 Å². The fourth-order valence-corrected chi connectivity index (χ4v) is 6.14. The van der Waals surface area contributed by atoms with Crippen LogP contribution in [0.5, 0.6) is 0 Å². The van der Waals surface area contributed by atoms with E-state index >= 15 is 0 Å². The summed E-state index contributed by atoms with van der Waals surface area (Å²) in [5, 5.41) is 11.4. The maximum absolute atomic E-state index is 5.30. The van der Waals surface area contributed by atoms with Crippen LogP contribution in [-0.4, -0.2) is 30.2 Å². The van der Waals surface area contributed by atoms with Gasteiger partial charge < -0.3 is 0 Å². The van der Waals surface area contributed by atoms with E-state index in [1.54, 1.807) is 0 Å². The van der Waals surface area contributed by atoms with Gasteiger partial charge in [-0.15, -0.1) is 0 Å². The lowest BCUT2D eigenvalue weighted by Gasteiger charge is -2.13. The minimum Gasteiger partial charge on any atom is -0.246 e. The highest BCUT2D eigenvalue weighted by Gasteiger charge is 2.18. The van der Waals surface area contributed by atoms with Gasteiger partial charge in [-0.3, -0.25) is 0 Å². The van der Waals surface area contributed by atoms with Gasteiger partial charge in [0.25, 0.3) is 0 Å². The number of fused-ring (bicyclic) bond motifs is 5. The molecule has 220 valence electrons. The Labute approximate surface area is 269 Å². The number of rotatable bonds is 5. The molecule has 0 unspecified atom stereocenters. The fraction of sp³-hybridized carbons (Fsp3) is 0. The van der Waals surface area contributed by atoms with Crippen molar-refractivity contribution in [2.45, 2.75) is 0 Å². The Hall–Kier alpha value is -6.60. The van der Waals surface area contributed by atoms with Crippen molar-refractivity contribution >= 4 is 32.7 Å². The van der Waals surface area contributed by atoms with Gasteiger partial charge in [-0.1, -0.05) is 133 Å². The van der Waals surface area contributed by atoms with E-state index in [1.807, 2.05) is 84.9 Å². The lowest BCUT2D eigenvalue weighted by Crippen LogP contribution is -2.00. The van der Waals surface area contributed by atoms with E-state index in [0.29, 0.717) is 23.0 Å².